The fourth-order valence-electron chi connectivity index (χ4n) is 1.10. The van der Waals surface area contributed by atoms with E-state index in [0.717, 1.165) is 0 Å². The van der Waals surface area contributed by atoms with Crippen molar-refractivity contribution in [3.8, 4) is 6.07 Å². The predicted octanol–water partition coefficient (Wildman–Crippen LogP) is 2.15. The van der Waals surface area contributed by atoms with Crippen molar-refractivity contribution in [2.75, 3.05) is 6.61 Å². The molecule has 14 heavy (non-hydrogen) atoms. The summed E-state index contributed by atoms with van der Waals surface area (Å²) in [5, 5.41) is 17.7. The molecule has 1 aromatic rings. The van der Waals surface area contributed by atoms with E-state index in [2.05, 4.69) is 0 Å². The largest absolute Gasteiger partial charge is 0.395 e. The minimum atomic E-state index is -0.488. The molecule has 0 aromatic heterocycles. The fourth-order valence-corrected chi connectivity index (χ4v) is 1.35. The smallest absolute Gasteiger partial charge is 0.124 e. The standard InChI is InChI=1S/C10H9ClFNO/c11-10-4-9(12)2-1-8(10)3-7(5-13)6-14/h1-2,4,7,14H,3,6H2. The topological polar surface area (TPSA) is 44.0 Å². The summed E-state index contributed by atoms with van der Waals surface area (Å²) in [6, 6.07) is 5.95. The minimum absolute atomic E-state index is 0.218. The Balaban J connectivity index is 2.82. The molecule has 1 atom stereocenters. The molecule has 0 bridgehead atoms. The van der Waals surface area contributed by atoms with Crippen molar-refractivity contribution in [1.82, 2.24) is 0 Å². The summed E-state index contributed by atoms with van der Waals surface area (Å²) in [6.07, 6.45) is 0.339. The van der Waals surface area contributed by atoms with Gasteiger partial charge in [-0.15, -0.1) is 0 Å². The molecule has 0 amide bonds. The quantitative estimate of drug-likeness (QED) is 0.836. The van der Waals surface area contributed by atoms with Gasteiger partial charge in [-0.2, -0.15) is 5.26 Å². The van der Waals surface area contributed by atoms with Crippen LogP contribution in [0.2, 0.25) is 5.02 Å². The first-order valence-electron chi connectivity index (χ1n) is 4.11. The lowest BCUT2D eigenvalue weighted by molar-refractivity contribution is 0.255. The number of nitrogens with zero attached hydrogens (tertiary/aromatic N) is 1. The zero-order chi connectivity index (χ0) is 10.6. The zero-order valence-corrected chi connectivity index (χ0v) is 8.13. The summed E-state index contributed by atoms with van der Waals surface area (Å²) < 4.78 is 12.6. The SMILES string of the molecule is N#CC(CO)Cc1ccc(F)cc1Cl. The molecule has 0 aliphatic heterocycles. The van der Waals surface area contributed by atoms with Gasteiger partial charge in [0.2, 0.25) is 0 Å². The molecular weight excluding hydrogens is 205 g/mol. The van der Waals surface area contributed by atoms with Gasteiger partial charge in [0.25, 0.3) is 0 Å². The normalized spacial score (nSPS) is 12.1. The van der Waals surface area contributed by atoms with Crippen LogP contribution in [0.25, 0.3) is 0 Å². The van der Waals surface area contributed by atoms with E-state index in [1.807, 2.05) is 6.07 Å². The van der Waals surface area contributed by atoms with Crippen LogP contribution in [0.5, 0.6) is 0 Å². The molecule has 0 fully saturated rings. The van der Waals surface area contributed by atoms with E-state index in [4.69, 9.17) is 22.0 Å². The number of hydrogen-bond donors (Lipinski definition) is 1. The highest BCUT2D eigenvalue weighted by atomic mass is 35.5. The molecule has 4 heteroatoms. The molecule has 0 aliphatic rings. The Morgan fingerprint density at radius 1 is 1.57 bits per heavy atom. The molecule has 2 nitrogen and oxygen atoms in total. The van der Waals surface area contributed by atoms with Crippen molar-refractivity contribution in [2.24, 2.45) is 5.92 Å². The van der Waals surface area contributed by atoms with Crippen molar-refractivity contribution in [2.45, 2.75) is 6.42 Å². The van der Waals surface area contributed by atoms with Gasteiger partial charge >= 0.3 is 0 Å². The third kappa shape index (κ3) is 2.69. The first-order valence-corrected chi connectivity index (χ1v) is 4.49. The maximum Gasteiger partial charge on any atom is 0.124 e. The number of hydrogen-bond acceptors (Lipinski definition) is 2. The van der Waals surface area contributed by atoms with Crippen LogP contribution in [0.15, 0.2) is 18.2 Å². The van der Waals surface area contributed by atoms with E-state index in [-0.39, 0.29) is 6.61 Å². The molecule has 0 aliphatic carbocycles. The highest BCUT2D eigenvalue weighted by Crippen LogP contribution is 2.20. The lowest BCUT2D eigenvalue weighted by Crippen LogP contribution is -2.07. The lowest BCUT2D eigenvalue weighted by Gasteiger charge is -2.07. The van der Waals surface area contributed by atoms with Crippen LogP contribution < -0.4 is 0 Å². The van der Waals surface area contributed by atoms with Crippen LogP contribution in [-0.4, -0.2) is 11.7 Å². The Labute approximate surface area is 86.5 Å². The van der Waals surface area contributed by atoms with Gasteiger partial charge in [-0.3, -0.25) is 0 Å². The van der Waals surface area contributed by atoms with Gasteiger partial charge < -0.3 is 5.11 Å². The summed E-state index contributed by atoms with van der Waals surface area (Å²) >= 11 is 5.76. The second-order valence-electron chi connectivity index (χ2n) is 2.95. The van der Waals surface area contributed by atoms with Crippen molar-refractivity contribution >= 4 is 11.6 Å². The van der Waals surface area contributed by atoms with Gasteiger partial charge in [-0.1, -0.05) is 17.7 Å². The third-order valence-electron chi connectivity index (χ3n) is 1.88. The molecule has 0 radical (unpaired) electrons. The lowest BCUT2D eigenvalue weighted by atomic mass is 10.0. The second kappa shape index (κ2) is 4.94. The predicted molar refractivity (Wildman–Crippen MR) is 51.3 cm³/mol. The summed E-state index contributed by atoms with van der Waals surface area (Å²) in [5.41, 5.74) is 0.675. The Hall–Kier alpha value is -1.11. The van der Waals surface area contributed by atoms with Crippen LogP contribution in [0, 0.1) is 23.1 Å². The molecular formula is C10H9ClFNO. The summed E-state index contributed by atoms with van der Waals surface area (Å²) in [4.78, 5) is 0. The Bertz CT molecular complexity index is 362. The number of nitriles is 1. The molecule has 0 saturated carbocycles. The van der Waals surface area contributed by atoms with Gasteiger partial charge in [-0.25, -0.2) is 4.39 Å². The van der Waals surface area contributed by atoms with E-state index in [1.54, 1.807) is 0 Å². The van der Waals surface area contributed by atoms with E-state index < -0.39 is 11.7 Å². The average molecular weight is 214 g/mol. The molecule has 0 spiro atoms. The molecule has 0 heterocycles. The van der Waals surface area contributed by atoms with E-state index in [1.165, 1.54) is 18.2 Å². The van der Waals surface area contributed by atoms with Crippen molar-refractivity contribution in [1.29, 1.82) is 5.26 Å². The molecule has 74 valence electrons. The number of benzene rings is 1. The van der Waals surface area contributed by atoms with Crippen molar-refractivity contribution in [3.63, 3.8) is 0 Å². The minimum Gasteiger partial charge on any atom is -0.395 e. The average Bonchev–Trinajstić information content (AvgIpc) is 2.17. The monoisotopic (exact) mass is 213 g/mol. The van der Waals surface area contributed by atoms with E-state index in [0.29, 0.717) is 17.0 Å². The van der Waals surface area contributed by atoms with Gasteiger partial charge in [0.05, 0.1) is 18.6 Å². The maximum absolute atomic E-state index is 12.6. The summed E-state index contributed by atoms with van der Waals surface area (Å²) in [5.74, 6) is -0.894. The van der Waals surface area contributed by atoms with Gasteiger partial charge in [0, 0.05) is 5.02 Å². The zero-order valence-electron chi connectivity index (χ0n) is 7.37. The Kier molecular flexibility index (Phi) is 3.87. The van der Waals surface area contributed by atoms with Crippen LogP contribution in [0.4, 0.5) is 4.39 Å². The molecule has 0 saturated heterocycles. The third-order valence-corrected chi connectivity index (χ3v) is 2.24. The van der Waals surface area contributed by atoms with E-state index >= 15 is 0 Å². The van der Waals surface area contributed by atoms with Crippen LogP contribution in [0.3, 0.4) is 0 Å². The summed E-state index contributed by atoms with van der Waals surface area (Å²) in [6.45, 7) is -0.218. The van der Waals surface area contributed by atoms with Crippen molar-refractivity contribution < 1.29 is 9.50 Å². The second-order valence-corrected chi connectivity index (χ2v) is 3.36. The van der Waals surface area contributed by atoms with Crippen LogP contribution in [-0.2, 0) is 6.42 Å². The molecule has 1 N–H and O–H groups in total. The Morgan fingerprint density at radius 3 is 2.79 bits per heavy atom. The van der Waals surface area contributed by atoms with Crippen LogP contribution >= 0.6 is 11.6 Å². The maximum atomic E-state index is 12.6. The molecule has 1 aromatic carbocycles. The van der Waals surface area contributed by atoms with Crippen molar-refractivity contribution in [3.05, 3.63) is 34.6 Å². The molecule has 1 rings (SSSR count). The summed E-state index contributed by atoms with van der Waals surface area (Å²) in [7, 11) is 0. The van der Waals surface area contributed by atoms with Gasteiger partial charge in [-0.05, 0) is 24.1 Å². The van der Waals surface area contributed by atoms with E-state index in [9.17, 15) is 4.39 Å². The van der Waals surface area contributed by atoms with Gasteiger partial charge in [0.15, 0.2) is 0 Å². The van der Waals surface area contributed by atoms with Gasteiger partial charge in [0.1, 0.15) is 5.82 Å². The fraction of sp³-hybridized carbons (Fsp3) is 0.300. The first kappa shape index (κ1) is 11.0. The Morgan fingerprint density at radius 2 is 2.29 bits per heavy atom. The highest BCUT2D eigenvalue weighted by molar-refractivity contribution is 6.31. The first-order chi connectivity index (χ1) is 6.67. The number of aliphatic hydroxyl groups excluding tert-OH is 1. The molecule has 1 unspecified atom stereocenters. The van der Waals surface area contributed by atoms with Crippen LogP contribution in [0.1, 0.15) is 5.56 Å². The highest BCUT2D eigenvalue weighted by Gasteiger charge is 2.10. The number of aliphatic hydroxyl groups is 1. The number of rotatable bonds is 3. The number of halogens is 2.